The topological polar surface area (TPSA) is 75.6 Å². The maximum atomic E-state index is 12.0. The molecule has 0 aromatic heterocycles. The molecule has 2 aromatic rings. The molecule has 5 heteroatoms. The summed E-state index contributed by atoms with van der Waals surface area (Å²) in [6.07, 6.45) is 1.08. The van der Waals surface area contributed by atoms with Crippen LogP contribution in [-0.2, 0) is 9.53 Å². The summed E-state index contributed by atoms with van der Waals surface area (Å²) in [6, 6.07) is 16.5. The zero-order valence-electron chi connectivity index (χ0n) is 15.5. The summed E-state index contributed by atoms with van der Waals surface area (Å²) in [4.78, 5) is 22.6. The number of fused-ring (bicyclic) bond motifs is 3. The lowest BCUT2D eigenvalue weighted by molar-refractivity contribution is -0.137. The lowest BCUT2D eigenvalue weighted by atomic mass is 9.98. The van der Waals surface area contributed by atoms with Gasteiger partial charge in [-0.1, -0.05) is 55.5 Å². The summed E-state index contributed by atoms with van der Waals surface area (Å²) in [5, 5.41) is 11.5. The smallest absolute Gasteiger partial charge is 0.407 e. The van der Waals surface area contributed by atoms with Crippen LogP contribution in [0.4, 0.5) is 4.79 Å². The largest absolute Gasteiger partial charge is 0.481 e. The molecule has 0 saturated heterocycles. The van der Waals surface area contributed by atoms with E-state index in [4.69, 9.17) is 9.84 Å². The van der Waals surface area contributed by atoms with Crippen LogP contribution >= 0.6 is 0 Å². The lowest BCUT2D eigenvalue weighted by Gasteiger charge is -2.15. The SMILES string of the molecule is CC(CCNC(=O)OCC1c2ccccc2-c2ccccc21)CCC(=O)O. The number of carboxylic acids is 1. The monoisotopic (exact) mass is 367 g/mol. The van der Waals surface area contributed by atoms with Gasteiger partial charge in [-0.15, -0.1) is 0 Å². The van der Waals surface area contributed by atoms with Crippen LogP contribution in [0.2, 0.25) is 0 Å². The normalized spacial score (nSPS) is 13.5. The van der Waals surface area contributed by atoms with Crippen molar-refractivity contribution in [3.05, 3.63) is 59.7 Å². The van der Waals surface area contributed by atoms with Crippen molar-refractivity contribution in [2.24, 2.45) is 5.92 Å². The second kappa shape index (κ2) is 8.71. The summed E-state index contributed by atoms with van der Waals surface area (Å²) < 4.78 is 5.48. The van der Waals surface area contributed by atoms with Crippen LogP contribution in [0.15, 0.2) is 48.5 Å². The van der Waals surface area contributed by atoms with E-state index in [-0.39, 0.29) is 18.3 Å². The minimum atomic E-state index is -0.786. The van der Waals surface area contributed by atoms with Gasteiger partial charge in [0.05, 0.1) is 0 Å². The fraction of sp³-hybridized carbons (Fsp3) is 0.364. The van der Waals surface area contributed by atoms with Crippen LogP contribution in [-0.4, -0.2) is 30.3 Å². The third-order valence-electron chi connectivity index (χ3n) is 5.10. The molecule has 1 unspecified atom stereocenters. The fourth-order valence-electron chi connectivity index (χ4n) is 3.58. The third-order valence-corrected chi connectivity index (χ3v) is 5.10. The third kappa shape index (κ3) is 4.67. The van der Waals surface area contributed by atoms with Gasteiger partial charge in [-0.2, -0.15) is 0 Å². The standard InChI is InChI=1S/C22H25NO4/c1-15(10-11-21(24)25)12-13-23-22(26)27-14-20-18-8-4-2-6-16(18)17-7-3-5-9-19(17)20/h2-9,15,20H,10-14H2,1H3,(H,23,26)(H,24,25). The van der Waals surface area contributed by atoms with Gasteiger partial charge in [-0.25, -0.2) is 4.79 Å². The molecular weight excluding hydrogens is 342 g/mol. The molecule has 1 aliphatic carbocycles. The predicted octanol–water partition coefficient (Wildman–Crippen LogP) is 4.42. The number of hydrogen-bond donors (Lipinski definition) is 2. The average molecular weight is 367 g/mol. The van der Waals surface area contributed by atoms with Gasteiger partial charge in [0.1, 0.15) is 6.61 Å². The van der Waals surface area contributed by atoms with Crippen LogP contribution in [0.1, 0.15) is 43.2 Å². The zero-order chi connectivity index (χ0) is 19.2. The Balaban J connectivity index is 1.50. The lowest BCUT2D eigenvalue weighted by Crippen LogP contribution is -2.28. The summed E-state index contributed by atoms with van der Waals surface area (Å²) in [5.41, 5.74) is 4.78. The van der Waals surface area contributed by atoms with E-state index in [1.54, 1.807) is 0 Å². The number of rotatable bonds is 8. The molecule has 5 nitrogen and oxygen atoms in total. The Morgan fingerprint density at radius 3 is 2.22 bits per heavy atom. The number of aliphatic carboxylic acids is 1. The molecule has 27 heavy (non-hydrogen) atoms. The molecule has 142 valence electrons. The highest BCUT2D eigenvalue weighted by Gasteiger charge is 2.28. The van der Waals surface area contributed by atoms with E-state index >= 15 is 0 Å². The average Bonchev–Trinajstić information content (AvgIpc) is 2.99. The van der Waals surface area contributed by atoms with Crippen molar-refractivity contribution in [2.45, 2.75) is 32.1 Å². The number of nitrogens with one attached hydrogen (secondary N) is 1. The Hall–Kier alpha value is -2.82. The number of alkyl carbamates (subject to hydrolysis) is 1. The minimum Gasteiger partial charge on any atom is -0.481 e. The molecule has 1 atom stereocenters. The first kappa shape index (κ1) is 19.0. The van der Waals surface area contributed by atoms with Crippen molar-refractivity contribution in [3.63, 3.8) is 0 Å². The molecule has 0 fully saturated rings. The summed E-state index contributed by atoms with van der Waals surface area (Å²) in [5.74, 6) is -0.487. The van der Waals surface area contributed by atoms with E-state index in [9.17, 15) is 9.59 Å². The number of amides is 1. The number of carboxylic acid groups (broad SMARTS) is 1. The second-order valence-corrected chi connectivity index (χ2v) is 7.08. The molecule has 0 radical (unpaired) electrons. The Morgan fingerprint density at radius 2 is 1.63 bits per heavy atom. The number of hydrogen-bond acceptors (Lipinski definition) is 3. The maximum absolute atomic E-state index is 12.0. The van der Waals surface area contributed by atoms with Crippen molar-refractivity contribution < 1.29 is 19.4 Å². The van der Waals surface area contributed by atoms with Crippen molar-refractivity contribution in [3.8, 4) is 11.1 Å². The van der Waals surface area contributed by atoms with Gasteiger partial charge < -0.3 is 15.2 Å². The van der Waals surface area contributed by atoms with Crippen LogP contribution in [0.3, 0.4) is 0 Å². The second-order valence-electron chi connectivity index (χ2n) is 7.08. The first-order valence-electron chi connectivity index (χ1n) is 9.37. The van der Waals surface area contributed by atoms with Crippen molar-refractivity contribution in [1.29, 1.82) is 0 Å². The number of carbonyl (C=O) groups excluding carboxylic acids is 1. The highest BCUT2D eigenvalue weighted by molar-refractivity contribution is 5.79. The highest BCUT2D eigenvalue weighted by Crippen LogP contribution is 2.44. The van der Waals surface area contributed by atoms with Crippen molar-refractivity contribution >= 4 is 12.1 Å². The Labute approximate surface area is 159 Å². The van der Waals surface area contributed by atoms with Gasteiger partial charge >= 0.3 is 12.1 Å². The minimum absolute atomic E-state index is 0.0534. The molecule has 0 spiro atoms. The quantitative estimate of drug-likeness (QED) is 0.724. The van der Waals surface area contributed by atoms with Gasteiger partial charge in [0, 0.05) is 18.9 Å². The molecule has 0 bridgehead atoms. The van der Waals surface area contributed by atoms with E-state index in [2.05, 4.69) is 29.6 Å². The summed E-state index contributed by atoms with van der Waals surface area (Å²) in [6.45, 7) is 2.77. The molecule has 0 heterocycles. The van der Waals surface area contributed by atoms with Crippen molar-refractivity contribution in [1.82, 2.24) is 5.32 Å². The Morgan fingerprint density at radius 1 is 1.04 bits per heavy atom. The predicted molar refractivity (Wildman–Crippen MR) is 104 cm³/mol. The van der Waals surface area contributed by atoms with Crippen LogP contribution in [0.25, 0.3) is 11.1 Å². The van der Waals surface area contributed by atoms with Crippen LogP contribution in [0, 0.1) is 5.92 Å². The molecule has 2 N–H and O–H groups in total. The molecule has 2 aromatic carbocycles. The van der Waals surface area contributed by atoms with Gasteiger partial charge in [-0.3, -0.25) is 4.79 Å². The molecular formula is C22H25NO4. The van der Waals surface area contributed by atoms with E-state index in [1.165, 1.54) is 22.3 Å². The van der Waals surface area contributed by atoms with Crippen LogP contribution in [0.5, 0.6) is 0 Å². The van der Waals surface area contributed by atoms with E-state index in [0.717, 1.165) is 6.42 Å². The zero-order valence-corrected chi connectivity index (χ0v) is 15.5. The number of carbonyl (C=O) groups is 2. The highest BCUT2D eigenvalue weighted by atomic mass is 16.5. The number of ether oxygens (including phenoxy) is 1. The molecule has 1 aliphatic rings. The first-order chi connectivity index (χ1) is 13.1. The van der Waals surface area contributed by atoms with Crippen LogP contribution < -0.4 is 5.32 Å². The Bertz CT molecular complexity index is 772. The van der Waals surface area contributed by atoms with Gasteiger partial charge in [0.2, 0.25) is 0 Å². The van der Waals surface area contributed by atoms with Gasteiger partial charge in [0.25, 0.3) is 0 Å². The Kier molecular flexibility index (Phi) is 6.12. The molecule has 1 amide bonds. The molecule has 0 aliphatic heterocycles. The molecule has 3 rings (SSSR count). The summed E-state index contributed by atoms with van der Waals surface area (Å²) in [7, 11) is 0. The van der Waals surface area contributed by atoms with E-state index < -0.39 is 12.1 Å². The van der Waals surface area contributed by atoms with Gasteiger partial charge in [-0.05, 0) is 41.0 Å². The van der Waals surface area contributed by atoms with Crippen molar-refractivity contribution in [2.75, 3.05) is 13.2 Å². The maximum Gasteiger partial charge on any atom is 0.407 e. The number of benzene rings is 2. The molecule has 0 saturated carbocycles. The van der Waals surface area contributed by atoms with Gasteiger partial charge in [0.15, 0.2) is 0 Å². The summed E-state index contributed by atoms with van der Waals surface area (Å²) >= 11 is 0. The van der Waals surface area contributed by atoms with E-state index in [0.29, 0.717) is 19.6 Å². The first-order valence-corrected chi connectivity index (χ1v) is 9.37. The van der Waals surface area contributed by atoms with E-state index in [1.807, 2.05) is 31.2 Å². The fourth-order valence-corrected chi connectivity index (χ4v) is 3.58.